The number of hydrogen-bond donors (Lipinski definition) is 1. The lowest BCUT2D eigenvalue weighted by Crippen LogP contribution is -2.38. The van der Waals surface area contributed by atoms with Gasteiger partial charge >= 0.3 is 5.97 Å². The average Bonchev–Trinajstić information content (AvgIpc) is 2.73. The lowest BCUT2D eigenvalue weighted by atomic mass is 9.95. The number of carbonyl (C=O) groups is 2. The highest BCUT2D eigenvalue weighted by Gasteiger charge is 2.38. The fourth-order valence-electron chi connectivity index (χ4n) is 2.17. The summed E-state index contributed by atoms with van der Waals surface area (Å²) in [5.74, 6) is -1.77. The Morgan fingerprint density at radius 2 is 2.00 bits per heavy atom. The molecule has 0 radical (unpaired) electrons. The molecule has 1 amide bonds. The molecule has 0 heterocycles. The van der Waals surface area contributed by atoms with Gasteiger partial charge in [0.1, 0.15) is 0 Å². The molecule has 1 fully saturated rings. The summed E-state index contributed by atoms with van der Waals surface area (Å²) in [7, 11) is 3.27. The smallest absolute Gasteiger partial charge is 0.307 e. The van der Waals surface area contributed by atoms with Gasteiger partial charge in [0.15, 0.2) is 0 Å². The summed E-state index contributed by atoms with van der Waals surface area (Å²) in [6, 6.07) is 0. The van der Waals surface area contributed by atoms with Gasteiger partial charge in [0.05, 0.1) is 18.4 Å². The van der Waals surface area contributed by atoms with E-state index in [1.165, 1.54) is 0 Å². The predicted molar refractivity (Wildman–Crippen MR) is 58.0 cm³/mol. The Balaban J connectivity index is 2.55. The molecule has 0 bridgehead atoms. The van der Waals surface area contributed by atoms with Crippen LogP contribution in [-0.4, -0.2) is 49.2 Å². The molecule has 0 unspecified atom stereocenters. The number of nitrogens with zero attached hydrogens (tertiary/aromatic N) is 1. The topological polar surface area (TPSA) is 66.8 Å². The second-order valence-electron chi connectivity index (χ2n) is 4.23. The van der Waals surface area contributed by atoms with Gasteiger partial charge in [-0.05, 0) is 12.8 Å². The molecule has 5 nitrogen and oxygen atoms in total. The fraction of sp³-hybridized carbons (Fsp3) is 0.818. The zero-order valence-electron chi connectivity index (χ0n) is 9.81. The highest BCUT2D eigenvalue weighted by atomic mass is 16.5. The first kappa shape index (κ1) is 13.0. The van der Waals surface area contributed by atoms with Crippen molar-refractivity contribution in [3.63, 3.8) is 0 Å². The molecule has 92 valence electrons. The van der Waals surface area contributed by atoms with Crippen LogP contribution in [-0.2, 0) is 14.3 Å². The lowest BCUT2D eigenvalue weighted by Gasteiger charge is -2.23. The van der Waals surface area contributed by atoms with Gasteiger partial charge in [-0.3, -0.25) is 9.59 Å². The van der Waals surface area contributed by atoms with Crippen LogP contribution in [0, 0.1) is 11.8 Å². The van der Waals surface area contributed by atoms with Gasteiger partial charge in [-0.15, -0.1) is 0 Å². The van der Waals surface area contributed by atoms with Crippen molar-refractivity contribution in [2.45, 2.75) is 19.3 Å². The summed E-state index contributed by atoms with van der Waals surface area (Å²) in [5.41, 5.74) is 0. The first-order chi connectivity index (χ1) is 7.57. The zero-order valence-corrected chi connectivity index (χ0v) is 9.81. The van der Waals surface area contributed by atoms with E-state index < -0.39 is 11.9 Å². The molecule has 2 atom stereocenters. The van der Waals surface area contributed by atoms with E-state index >= 15 is 0 Å². The highest BCUT2D eigenvalue weighted by Crippen LogP contribution is 2.33. The molecule has 16 heavy (non-hydrogen) atoms. The minimum Gasteiger partial charge on any atom is -0.481 e. The van der Waals surface area contributed by atoms with E-state index in [4.69, 9.17) is 9.84 Å². The molecule has 5 heteroatoms. The number of carboxylic acid groups (broad SMARTS) is 1. The summed E-state index contributed by atoms with van der Waals surface area (Å²) in [5, 5.41) is 8.99. The number of carbonyl (C=O) groups excluding carboxylic acids is 1. The van der Waals surface area contributed by atoms with Gasteiger partial charge < -0.3 is 14.7 Å². The maximum Gasteiger partial charge on any atom is 0.307 e. The Morgan fingerprint density at radius 1 is 1.38 bits per heavy atom. The third-order valence-electron chi connectivity index (χ3n) is 3.16. The molecule has 0 aromatic carbocycles. The number of aliphatic carboxylic acids is 1. The molecule has 1 aliphatic rings. The van der Waals surface area contributed by atoms with Crippen LogP contribution < -0.4 is 0 Å². The van der Waals surface area contributed by atoms with Crippen molar-refractivity contribution in [2.24, 2.45) is 11.8 Å². The van der Waals surface area contributed by atoms with Crippen LogP contribution in [0.25, 0.3) is 0 Å². The maximum atomic E-state index is 12.0. The number of rotatable bonds is 5. The van der Waals surface area contributed by atoms with Crippen molar-refractivity contribution in [1.29, 1.82) is 0 Å². The van der Waals surface area contributed by atoms with Crippen LogP contribution in [0.3, 0.4) is 0 Å². The Kier molecular flexibility index (Phi) is 4.73. The lowest BCUT2D eigenvalue weighted by molar-refractivity contribution is -0.148. The Labute approximate surface area is 95.4 Å². The largest absolute Gasteiger partial charge is 0.481 e. The van der Waals surface area contributed by atoms with Crippen molar-refractivity contribution < 1.29 is 19.4 Å². The summed E-state index contributed by atoms with van der Waals surface area (Å²) in [6.07, 6.45) is 2.13. The molecule has 1 rings (SSSR count). The molecular formula is C11H19NO4. The Hall–Kier alpha value is -1.10. The van der Waals surface area contributed by atoms with E-state index in [0.29, 0.717) is 26.0 Å². The predicted octanol–water partition coefficient (Wildman–Crippen LogP) is 0.592. The number of ether oxygens (including phenoxy) is 1. The summed E-state index contributed by atoms with van der Waals surface area (Å²) >= 11 is 0. The van der Waals surface area contributed by atoms with Crippen LogP contribution in [0.2, 0.25) is 0 Å². The van der Waals surface area contributed by atoms with Gasteiger partial charge in [-0.2, -0.15) is 0 Å². The van der Waals surface area contributed by atoms with E-state index in [1.807, 2.05) is 0 Å². The molecule has 0 aromatic heterocycles. The van der Waals surface area contributed by atoms with Crippen molar-refractivity contribution in [1.82, 2.24) is 4.90 Å². The number of amides is 1. The van der Waals surface area contributed by atoms with Gasteiger partial charge in [0, 0.05) is 20.7 Å². The van der Waals surface area contributed by atoms with Gasteiger partial charge in [-0.1, -0.05) is 6.42 Å². The molecule has 1 aliphatic carbocycles. The first-order valence-electron chi connectivity index (χ1n) is 5.54. The third-order valence-corrected chi connectivity index (χ3v) is 3.16. The van der Waals surface area contributed by atoms with E-state index in [1.54, 1.807) is 19.1 Å². The first-order valence-corrected chi connectivity index (χ1v) is 5.54. The third kappa shape index (κ3) is 2.95. The molecule has 0 aliphatic heterocycles. The molecule has 0 aromatic rings. The second-order valence-corrected chi connectivity index (χ2v) is 4.23. The van der Waals surface area contributed by atoms with E-state index in [9.17, 15) is 9.59 Å². The number of carboxylic acids is 1. The van der Waals surface area contributed by atoms with Crippen molar-refractivity contribution in [3.05, 3.63) is 0 Å². The highest BCUT2D eigenvalue weighted by molar-refractivity contribution is 5.85. The van der Waals surface area contributed by atoms with Gasteiger partial charge in [0.25, 0.3) is 0 Å². The minimum absolute atomic E-state index is 0.0676. The van der Waals surface area contributed by atoms with Gasteiger partial charge in [0.2, 0.25) is 5.91 Å². The number of methoxy groups -OCH3 is 1. The van der Waals surface area contributed by atoms with Crippen LogP contribution in [0.4, 0.5) is 0 Å². The second kappa shape index (κ2) is 5.84. The minimum atomic E-state index is -0.851. The molecular weight excluding hydrogens is 210 g/mol. The molecule has 0 spiro atoms. The summed E-state index contributed by atoms with van der Waals surface area (Å²) in [4.78, 5) is 24.5. The van der Waals surface area contributed by atoms with Crippen LogP contribution in [0.5, 0.6) is 0 Å². The van der Waals surface area contributed by atoms with Crippen LogP contribution in [0.1, 0.15) is 19.3 Å². The average molecular weight is 229 g/mol. The Bertz CT molecular complexity index is 267. The fourth-order valence-corrected chi connectivity index (χ4v) is 2.17. The molecule has 1 N–H and O–H groups in total. The van der Waals surface area contributed by atoms with Crippen molar-refractivity contribution in [2.75, 3.05) is 27.3 Å². The standard InChI is InChI=1S/C11H19NO4/c1-12(6-7-16-2)10(13)8-4-3-5-9(8)11(14)15/h8-9H,3-7H2,1-2H3,(H,14,15)/t8-,9+/m1/s1. The van der Waals surface area contributed by atoms with E-state index in [-0.39, 0.29) is 11.8 Å². The Morgan fingerprint density at radius 3 is 2.56 bits per heavy atom. The molecule has 1 saturated carbocycles. The van der Waals surface area contributed by atoms with Crippen LogP contribution in [0.15, 0.2) is 0 Å². The van der Waals surface area contributed by atoms with Crippen molar-refractivity contribution >= 4 is 11.9 Å². The normalized spacial score (nSPS) is 24.4. The van der Waals surface area contributed by atoms with Crippen LogP contribution >= 0.6 is 0 Å². The number of likely N-dealkylation sites (N-methyl/N-ethyl adjacent to an activating group) is 1. The van der Waals surface area contributed by atoms with E-state index in [2.05, 4.69) is 0 Å². The quantitative estimate of drug-likeness (QED) is 0.749. The SMILES string of the molecule is COCCN(C)C(=O)[C@@H]1CCC[C@@H]1C(=O)O. The summed E-state index contributed by atoms with van der Waals surface area (Å²) < 4.78 is 4.89. The van der Waals surface area contributed by atoms with E-state index in [0.717, 1.165) is 6.42 Å². The van der Waals surface area contributed by atoms with Crippen molar-refractivity contribution in [3.8, 4) is 0 Å². The maximum absolute atomic E-state index is 12.0. The van der Waals surface area contributed by atoms with Gasteiger partial charge in [-0.25, -0.2) is 0 Å². The number of hydrogen-bond acceptors (Lipinski definition) is 3. The zero-order chi connectivity index (χ0) is 12.1. The monoisotopic (exact) mass is 229 g/mol. The summed E-state index contributed by atoms with van der Waals surface area (Å²) in [6.45, 7) is 0.991. The molecule has 0 saturated heterocycles.